The summed E-state index contributed by atoms with van der Waals surface area (Å²) in [7, 11) is 0. The normalized spacial score (nSPS) is 10.4. The molecule has 0 unspecified atom stereocenters. The molecule has 1 heterocycles. The highest BCUT2D eigenvalue weighted by Gasteiger charge is 2.09. The summed E-state index contributed by atoms with van der Waals surface area (Å²) in [6.45, 7) is 0. The van der Waals surface area contributed by atoms with Crippen LogP contribution in [0.25, 0.3) is 0 Å². The molecule has 0 spiro atoms. The largest absolute Gasteiger partial charge is 0.618 e. The number of nitrogens with zero attached hydrogens (tertiary/aromatic N) is 1. The molecular weight excluding hydrogens is 294 g/mol. The van der Waals surface area contributed by atoms with Crippen molar-refractivity contribution >= 4 is 11.8 Å². The number of para-hydroxylation sites is 2. The molecule has 1 aromatic heterocycles. The van der Waals surface area contributed by atoms with E-state index in [2.05, 4.69) is 0 Å². The minimum atomic E-state index is 0.676. The Kier molecular flexibility index (Phi) is 4.61. The maximum absolute atomic E-state index is 11.7. The van der Waals surface area contributed by atoms with Crippen LogP contribution in [-0.4, -0.2) is 0 Å². The van der Waals surface area contributed by atoms with E-state index in [4.69, 9.17) is 4.74 Å². The smallest absolute Gasteiger partial charge is 0.251 e. The molecule has 22 heavy (non-hydrogen) atoms. The summed E-state index contributed by atoms with van der Waals surface area (Å²) in [6.07, 6.45) is 1.51. The van der Waals surface area contributed by atoms with Gasteiger partial charge in [-0.15, -0.1) is 0 Å². The van der Waals surface area contributed by atoms with E-state index in [9.17, 15) is 5.21 Å². The zero-order valence-electron chi connectivity index (χ0n) is 11.9. The maximum Gasteiger partial charge on any atom is 0.251 e. The Morgan fingerprint density at radius 2 is 1.59 bits per heavy atom. The first-order chi connectivity index (χ1) is 10.8. The lowest BCUT2D eigenvalue weighted by Crippen LogP contribution is -2.27. The molecule has 0 aliphatic carbocycles. The van der Waals surface area contributed by atoms with E-state index in [0.29, 0.717) is 10.8 Å². The van der Waals surface area contributed by atoms with Gasteiger partial charge in [0, 0.05) is 23.4 Å². The molecule has 0 amide bonds. The molecule has 0 saturated carbocycles. The van der Waals surface area contributed by atoms with Gasteiger partial charge in [0.2, 0.25) is 0 Å². The summed E-state index contributed by atoms with van der Waals surface area (Å²) in [4.78, 5) is 0. The number of aromatic nitrogens is 1. The Morgan fingerprint density at radius 3 is 2.41 bits per heavy atom. The Labute approximate surface area is 133 Å². The Hall–Kier alpha value is -2.46. The number of pyridine rings is 1. The Balaban J connectivity index is 1.75. The highest BCUT2D eigenvalue weighted by atomic mass is 32.2. The van der Waals surface area contributed by atoms with Crippen molar-refractivity contribution in [2.45, 2.75) is 10.8 Å². The van der Waals surface area contributed by atoms with Crippen molar-refractivity contribution in [3.63, 3.8) is 0 Å². The molecule has 3 aromatic rings. The molecule has 0 radical (unpaired) electrons. The van der Waals surface area contributed by atoms with Crippen LogP contribution >= 0.6 is 11.8 Å². The van der Waals surface area contributed by atoms with Crippen molar-refractivity contribution in [1.29, 1.82) is 0 Å². The SMILES string of the molecule is [O-][n+]1ccccc1SCc1ccccc1Oc1ccccc1. The quantitative estimate of drug-likeness (QED) is 0.398. The number of ether oxygens (including phenoxy) is 1. The molecule has 110 valence electrons. The predicted molar refractivity (Wildman–Crippen MR) is 87.9 cm³/mol. The van der Waals surface area contributed by atoms with E-state index in [-0.39, 0.29) is 0 Å². The van der Waals surface area contributed by atoms with Crippen LogP contribution in [0.5, 0.6) is 11.5 Å². The van der Waals surface area contributed by atoms with Crippen LogP contribution in [0.4, 0.5) is 0 Å². The zero-order valence-corrected chi connectivity index (χ0v) is 12.7. The second-order valence-electron chi connectivity index (χ2n) is 4.68. The van der Waals surface area contributed by atoms with Gasteiger partial charge in [-0.25, -0.2) is 0 Å². The van der Waals surface area contributed by atoms with E-state index in [0.717, 1.165) is 21.8 Å². The minimum Gasteiger partial charge on any atom is -0.618 e. The number of benzene rings is 2. The van der Waals surface area contributed by atoms with Gasteiger partial charge in [-0.05, 0) is 24.3 Å². The van der Waals surface area contributed by atoms with Crippen molar-refractivity contribution in [1.82, 2.24) is 0 Å². The second-order valence-corrected chi connectivity index (χ2v) is 5.67. The van der Waals surface area contributed by atoms with Gasteiger partial charge in [-0.1, -0.05) is 48.2 Å². The molecule has 0 N–H and O–H groups in total. The predicted octanol–water partition coefficient (Wildman–Crippen LogP) is 4.40. The lowest BCUT2D eigenvalue weighted by Gasteiger charge is -2.10. The topological polar surface area (TPSA) is 36.2 Å². The van der Waals surface area contributed by atoms with E-state index in [1.165, 1.54) is 18.0 Å². The molecular formula is C18H15NO2S. The van der Waals surface area contributed by atoms with Crippen LogP contribution in [0.1, 0.15) is 5.56 Å². The van der Waals surface area contributed by atoms with Crippen molar-refractivity contribution < 1.29 is 9.47 Å². The fourth-order valence-electron chi connectivity index (χ4n) is 2.01. The summed E-state index contributed by atoms with van der Waals surface area (Å²) in [5.41, 5.74) is 1.06. The van der Waals surface area contributed by atoms with E-state index in [1.807, 2.05) is 66.7 Å². The molecule has 0 atom stereocenters. The third kappa shape index (κ3) is 3.59. The fourth-order valence-corrected chi connectivity index (χ4v) is 2.92. The number of rotatable bonds is 5. The Morgan fingerprint density at radius 1 is 0.864 bits per heavy atom. The summed E-state index contributed by atoms with van der Waals surface area (Å²) in [6, 6.07) is 23.0. The van der Waals surface area contributed by atoms with Crippen LogP contribution in [0, 0.1) is 5.21 Å². The van der Waals surface area contributed by atoms with Gasteiger partial charge in [0.05, 0.1) is 0 Å². The lowest BCUT2D eigenvalue weighted by molar-refractivity contribution is -0.645. The van der Waals surface area contributed by atoms with Crippen LogP contribution in [0.2, 0.25) is 0 Å². The molecule has 0 saturated heterocycles. The number of thioether (sulfide) groups is 1. The van der Waals surface area contributed by atoms with Gasteiger partial charge in [0.25, 0.3) is 5.03 Å². The molecule has 0 aliphatic rings. The third-order valence-corrected chi connectivity index (χ3v) is 4.17. The monoisotopic (exact) mass is 309 g/mol. The summed E-state index contributed by atoms with van der Waals surface area (Å²) < 4.78 is 6.81. The van der Waals surface area contributed by atoms with Gasteiger partial charge in [0.15, 0.2) is 6.20 Å². The third-order valence-electron chi connectivity index (χ3n) is 3.11. The number of hydrogen-bond donors (Lipinski definition) is 0. The molecule has 2 aromatic carbocycles. The van der Waals surface area contributed by atoms with Crippen molar-refractivity contribution in [3.8, 4) is 11.5 Å². The first-order valence-electron chi connectivity index (χ1n) is 6.95. The lowest BCUT2D eigenvalue weighted by atomic mass is 10.2. The second kappa shape index (κ2) is 7.00. The van der Waals surface area contributed by atoms with E-state index >= 15 is 0 Å². The van der Waals surface area contributed by atoms with E-state index in [1.54, 1.807) is 6.07 Å². The standard InChI is InChI=1S/C18H15NO2S/c20-19-13-7-6-12-18(19)22-14-15-8-4-5-11-17(15)21-16-9-2-1-3-10-16/h1-13H,14H2. The molecule has 0 fully saturated rings. The maximum atomic E-state index is 11.7. The summed E-state index contributed by atoms with van der Waals surface area (Å²) >= 11 is 1.50. The van der Waals surface area contributed by atoms with Crippen molar-refractivity contribution in [2.24, 2.45) is 0 Å². The molecule has 3 rings (SSSR count). The fraction of sp³-hybridized carbons (Fsp3) is 0.0556. The molecule has 0 aliphatic heterocycles. The van der Waals surface area contributed by atoms with Gasteiger partial charge < -0.3 is 9.94 Å². The highest BCUT2D eigenvalue weighted by molar-refractivity contribution is 7.98. The van der Waals surface area contributed by atoms with Gasteiger partial charge >= 0.3 is 0 Å². The van der Waals surface area contributed by atoms with Gasteiger partial charge in [0.1, 0.15) is 11.5 Å². The molecule has 4 heteroatoms. The van der Waals surface area contributed by atoms with Crippen LogP contribution in [-0.2, 0) is 5.75 Å². The first-order valence-corrected chi connectivity index (χ1v) is 7.93. The minimum absolute atomic E-state index is 0.676. The molecule has 3 nitrogen and oxygen atoms in total. The average Bonchev–Trinajstić information content (AvgIpc) is 2.56. The average molecular weight is 309 g/mol. The van der Waals surface area contributed by atoms with Gasteiger partial charge in [-0.3, -0.25) is 0 Å². The highest BCUT2D eigenvalue weighted by Crippen LogP contribution is 2.29. The van der Waals surface area contributed by atoms with Crippen LogP contribution in [0.3, 0.4) is 0 Å². The zero-order chi connectivity index (χ0) is 15.2. The summed E-state index contributed by atoms with van der Waals surface area (Å²) in [5.74, 6) is 2.29. The molecule has 0 bridgehead atoms. The van der Waals surface area contributed by atoms with Crippen molar-refractivity contribution in [3.05, 3.63) is 89.8 Å². The van der Waals surface area contributed by atoms with Gasteiger partial charge in [-0.2, -0.15) is 4.73 Å². The summed E-state index contributed by atoms with van der Waals surface area (Å²) in [5, 5.41) is 12.4. The van der Waals surface area contributed by atoms with Crippen molar-refractivity contribution in [2.75, 3.05) is 0 Å². The van der Waals surface area contributed by atoms with Crippen LogP contribution < -0.4 is 9.47 Å². The Bertz CT molecular complexity index is 747. The first kappa shape index (κ1) is 14.5. The number of hydrogen-bond acceptors (Lipinski definition) is 3. The van der Waals surface area contributed by atoms with Crippen LogP contribution in [0.15, 0.2) is 84.0 Å². The van der Waals surface area contributed by atoms with E-state index < -0.39 is 0 Å².